The number of hydrogen-bond donors (Lipinski definition) is 2. The number of ketones is 1. The lowest BCUT2D eigenvalue weighted by Crippen LogP contribution is -2.30. The molecular weight excluding hydrogens is 410 g/mol. The van der Waals surface area contributed by atoms with Crippen molar-refractivity contribution in [3.05, 3.63) is 65.4 Å². The first-order chi connectivity index (χ1) is 15.9. The number of nitrogens with one attached hydrogen (secondary N) is 1. The van der Waals surface area contributed by atoms with Crippen molar-refractivity contribution in [2.24, 2.45) is 0 Å². The molecule has 2 atom stereocenters. The molecule has 0 saturated carbocycles. The van der Waals surface area contributed by atoms with Crippen LogP contribution in [0.25, 0.3) is 22.5 Å². The first-order valence-electron chi connectivity index (χ1n) is 11.9. The third-order valence-corrected chi connectivity index (χ3v) is 6.32. The minimum Gasteiger partial charge on any atom is -0.387 e. The van der Waals surface area contributed by atoms with Crippen molar-refractivity contribution in [2.45, 2.75) is 71.4 Å². The molecule has 0 radical (unpaired) electrons. The second-order valence-corrected chi connectivity index (χ2v) is 9.28. The van der Waals surface area contributed by atoms with Crippen molar-refractivity contribution in [1.82, 2.24) is 9.97 Å². The number of Topliss-reactive ketones (excluding diaryl/α,β-unsaturated/α-hetero) is 1. The molecule has 0 saturated heterocycles. The Bertz CT molecular complexity index is 1110. The molecule has 2 heterocycles. The fourth-order valence-corrected chi connectivity index (χ4v) is 4.38. The zero-order chi connectivity index (χ0) is 23.4. The van der Waals surface area contributed by atoms with E-state index in [4.69, 9.17) is 9.97 Å². The number of aliphatic hydroxyl groups excluding tert-OH is 1. The molecular formula is C28H33N3O2. The van der Waals surface area contributed by atoms with Crippen LogP contribution < -0.4 is 5.32 Å². The number of carbonyl (C=O) groups is 1. The Morgan fingerprint density at radius 2 is 1.48 bits per heavy atom. The van der Waals surface area contributed by atoms with E-state index in [-0.39, 0.29) is 11.8 Å². The number of hydrogen-bond acceptors (Lipinski definition) is 5. The number of aromatic nitrogens is 2. The van der Waals surface area contributed by atoms with Crippen LogP contribution in [0.3, 0.4) is 0 Å². The van der Waals surface area contributed by atoms with Gasteiger partial charge in [0.25, 0.3) is 0 Å². The molecule has 1 aromatic heterocycles. The van der Waals surface area contributed by atoms with Crippen LogP contribution >= 0.6 is 0 Å². The number of nitrogens with zero attached hydrogens (tertiary/aromatic N) is 2. The number of unbranched alkanes of at least 4 members (excludes halogenated alkanes) is 2. The molecule has 3 aromatic rings. The Hall–Kier alpha value is -3.05. The monoisotopic (exact) mass is 443 g/mol. The fourth-order valence-electron chi connectivity index (χ4n) is 4.38. The molecule has 172 valence electrons. The summed E-state index contributed by atoms with van der Waals surface area (Å²) in [5.74, 6) is 0.923. The highest BCUT2D eigenvalue weighted by atomic mass is 16.3. The van der Waals surface area contributed by atoms with Gasteiger partial charge in [-0.3, -0.25) is 0 Å². The van der Waals surface area contributed by atoms with E-state index < -0.39 is 6.10 Å². The molecule has 0 spiro atoms. The summed E-state index contributed by atoms with van der Waals surface area (Å²) < 4.78 is 0. The molecule has 5 heteroatoms. The van der Waals surface area contributed by atoms with E-state index >= 15 is 0 Å². The molecule has 2 aromatic carbocycles. The van der Waals surface area contributed by atoms with Gasteiger partial charge in [0.2, 0.25) is 0 Å². The van der Waals surface area contributed by atoms with E-state index in [1.165, 1.54) is 11.1 Å². The second-order valence-electron chi connectivity index (χ2n) is 9.28. The summed E-state index contributed by atoms with van der Waals surface area (Å²) in [7, 11) is 0. The summed E-state index contributed by atoms with van der Waals surface area (Å²) >= 11 is 0. The summed E-state index contributed by atoms with van der Waals surface area (Å²) in [5.41, 5.74) is 6.62. The van der Waals surface area contributed by atoms with Gasteiger partial charge in [0.15, 0.2) is 5.82 Å². The lowest BCUT2D eigenvalue weighted by Gasteiger charge is -2.30. The topological polar surface area (TPSA) is 75.1 Å². The minimum atomic E-state index is -0.646. The largest absolute Gasteiger partial charge is 0.387 e. The average Bonchev–Trinajstić information content (AvgIpc) is 2.79. The molecule has 5 nitrogen and oxygen atoms in total. The number of aliphatic hydroxyl groups is 1. The van der Waals surface area contributed by atoms with Crippen molar-refractivity contribution in [2.75, 3.05) is 5.32 Å². The van der Waals surface area contributed by atoms with Crippen molar-refractivity contribution in [3.8, 4) is 22.5 Å². The SMILES string of the molecule is CC(=O)CCCCCC1CC(O)c2nc(-c3ccc(C)cc3)c(-c3ccc(C)cc3)nc2N1. The zero-order valence-corrected chi connectivity index (χ0v) is 19.8. The number of rotatable bonds is 8. The number of fused-ring (bicyclic) bond motifs is 1. The molecule has 2 unspecified atom stereocenters. The molecule has 0 aliphatic carbocycles. The summed E-state index contributed by atoms with van der Waals surface area (Å²) in [6, 6.07) is 16.8. The maximum atomic E-state index is 11.1. The number of benzene rings is 2. The van der Waals surface area contributed by atoms with E-state index in [2.05, 4.69) is 67.7 Å². The van der Waals surface area contributed by atoms with Crippen LogP contribution in [0.1, 0.15) is 68.4 Å². The third kappa shape index (κ3) is 5.66. The summed E-state index contributed by atoms with van der Waals surface area (Å²) in [5, 5.41) is 14.5. The molecule has 4 rings (SSSR count). The predicted octanol–water partition coefficient (Wildman–Crippen LogP) is 6.18. The van der Waals surface area contributed by atoms with Crippen LogP contribution in [0.5, 0.6) is 0 Å². The van der Waals surface area contributed by atoms with Gasteiger partial charge in [0.05, 0.1) is 11.4 Å². The van der Waals surface area contributed by atoms with Crippen molar-refractivity contribution >= 4 is 11.6 Å². The fraction of sp³-hybridized carbons (Fsp3) is 0.393. The van der Waals surface area contributed by atoms with Gasteiger partial charge < -0.3 is 15.2 Å². The van der Waals surface area contributed by atoms with Crippen molar-refractivity contribution in [3.63, 3.8) is 0 Å². The number of carbonyl (C=O) groups excluding carboxylic acids is 1. The molecule has 33 heavy (non-hydrogen) atoms. The maximum absolute atomic E-state index is 11.1. The molecule has 0 bridgehead atoms. The van der Waals surface area contributed by atoms with Crippen LogP contribution in [-0.2, 0) is 4.79 Å². The number of aryl methyl sites for hydroxylation is 2. The van der Waals surface area contributed by atoms with Crippen molar-refractivity contribution in [1.29, 1.82) is 0 Å². The lowest BCUT2D eigenvalue weighted by atomic mass is 9.95. The summed E-state index contributed by atoms with van der Waals surface area (Å²) in [6.07, 6.45) is 4.53. The zero-order valence-electron chi connectivity index (χ0n) is 19.8. The third-order valence-electron chi connectivity index (χ3n) is 6.32. The first kappa shape index (κ1) is 23.1. The van der Waals surface area contributed by atoms with Gasteiger partial charge in [-0.15, -0.1) is 0 Å². The molecule has 0 fully saturated rings. The average molecular weight is 444 g/mol. The first-order valence-corrected chi connectivity index (χ1v) is 11.9. The normalized spacial score (nSPS) is 17.3. The summed E-state index contributed by atoms with van der Waals surface area (Å²) in [4.78, 5) is 21.1. The van der Waals surface area contributed by atoms with E-state index in [0.29, 0.717) is 24.4 Å². The van der Waals surface area contributed by atoms with Crippen LogP contribution in [0.2, 0.25) is 0 Å². The predicted molar refractivity (Wildman–Crippen MR) is 133 cm³/mol. The quantitative estimate of drug-likeness (QED) is 0.406. The van der Waals surface area contributed by atoms with Gasteiger partial charge in [-0.05, 0) is 40.0 Å². The highest BCUT2D eigenvalue weighted by Gasteiger charge is 2.29. The van der Waals surface area contributed by atoms with Crippen molar-refractivity contribution < 1.29 is 9.90 Å². The Morgan fingerprint density at radius 1 is 0.909 bits per heavy atom. The van der Waals surface area contributed by atoms with Crippen LogP contribution in [0.4, 0.5) is 5.82 Å². The van der Waals surface area contributed by atoms with E-state index in [0.717, 1.165) is 48.2 Å². The van der Waals surface area contributed by atoms with Gasteiger partial charge in [0.1, 0.15) is 17.6 Å². The molecule has 1 aliphatic rings. The highest BCUT2D eigenvalue weighted by molar-refractivity contribution is 5.80. The van der Waals surface area contributed by atoms with Crippen LogP contribution in [0, 0.1) is 13.8 Å². The second kappa shape index (κ2) is 10.3. The Kier molecular flexibility index (Phi) is 7.19. The highest BCUT2D eigenvalue weighted by Crippen LogP contribution is 2.37. The van der Waals surface area contributed by atoms with E-state index in [1.807, 2.05) is 0 Å². The van der Waals surface area contributed by atoms with Gasteiger partial charge in [-0.1, -0.05) is 72.5 Å². The standard InChI is InChI=1S/C28H33N3O2/c1-18-9-13-21(14-10-18)25-26(22-15-11-19(2)12-16-22)31-28-27(30-25)24(33)17-23(29-28)8-6-4-5-7-20(3)32/h9-16,23-24,33H,4-8,17H2,1-3H3,(H,29,31). The Morgan fingerprint density at radius 3 is 2.06 bits per heavy atom. The number of anilines is 1. The maximum Gasteiger partial charge on any atom is 0.151 e. The van der Waals surface area contributed by atoms with Crippen LogP contribution in [0.15, 0.2) is 48.5 Å². The van der Waals surface area contributed by atoms with Crippen LogP contribution in [-0.4, -0.2) is 26.9 Å². The van der Waals surface area contributed by atoms with E-state index in [1.54, 1.807) is 6.92 Å². The lowest BCUT2D eigenvalue weighted by molar-refractivity contribution is -0.117. The van der Waals surface area contributed by atoms with Gasteiger partial charge >= 0.3 is 0 Å². The van der Waals surface area contributed by atoms with E-state index in [9.17, 15) is 9.90 Å². The molecule has 1 aliphatic heterocycles. The molecule has 0 amide bonds. The van der Waals surface area contributed by atoms with Gasteiger partial charge in [0, 0.05) is 23.6 Å². The minimum absolute atomic E-state index is 0.148. The Balaban J connectivity index is 1.63. The molecule has 2 N–H and O–H groups in total. The smallest absolute Gasteiger partial charge is 0.151 e. The van der Waals surface area contributed by atoms with Gasteiger partial charge in [-0.25, -0.2) is 9.97 Å². The van der Waals surface area contributed by atoms with Gasteiger partial charge in [-0.2, -0.15) is 0 Å². The Labute approximate surface area is 196 Å². The summed E-state index contributed by atoms with van der Waals surface area (Å²) in [6.45, 7) is 5.78.